The molecule has 0 unspecified atom stereocenters. The summed E-state index contributed by atoms with van der Waals surface area (Å²) in [6.07, 6.45) is 0. The highest BCUT2D eigenvalue weighted by Gasteiger charge is 2.07. The molecule has 1 heterocycles. The Kier molecular flexibility index (Phi) is 4.58. The molecule has 0 spiro atoms. The number of amides is 1. The van der Waals surface area contributed by atoms with Gasteiger partial charge in [-0.2, -0.15) is 5.10 Å². The Bertz CT molecular complexity index is 624. The van der Waals surface area contributed by atoms with E-state index in [9.17, 15) is 4.79 Å². The fourth-order valence-electron chi connectivity index (χ4n) is 1.44. The van der Waals surface area contributed by atoms with Crippen molar-refractivity contribution in [3.05, 3.63) is 56.2 Å². The molecule has 0 fully saturated rings. The lowest BCUT2D eigenvalue weighted by molar-refractivity contribution is 0.0959. The Morgan fingerprint density at radius 2 is 2.11 bits per heavy atom. The second-order valence-electron chi connectivity index (χ2n) is 3.74. The highest BCUT2D eigenvalue weighted by molar-refractivity contribution is 7.12. The van der Waals surface area contributed by atoms with Crippen LogP contribution in [-0.4, -0.2) is 11.6 Å². The van der Waals surface area contributed by atoms with Crippen LogP contribution < -0.4 is 5.43 Å². The van der Waals surface area contributed by atoms with Crippen molar-refractivity contribution in [2.75, 3.05) is 0 Å². The van der Waals surface area contributed by atoms with Gasteiger partial charge in [0.1, 0.15) is 0 Å². The Labute approximate surface area is 124 Å². The summed E-state index contributed by atoms with van der Waals surface area (Å²) in [6, 6.07) is 8.68. The Morgan fingerprint density at radius 3 is 2.74 bits per heavy atom. The van der Waals surface area contributed by atoms with E-state index in [0.717, 1.165) is 5.56 Å². The average Bonchev–Trinajstić information content (AvgIpc) is 2.89. The van der Waals surface area contributed by atoms with Crippen LogP contribution in [-0.2, 0) is 0 Å². The first kappa shape index (κ1) is 14.1. The maximum absolute atomic E-state index is 11.7. The maximum atomic E-state index is 11.7. The lowest BCUT2D eigenvalue weighted by atomic mass is 10.1. The molecular formula is C13H10Cl2N2OS. The molecule has 2 rings (SSSR count). The third-order valence-corrected chi connectivity index (χ3v) is 3.81. The van der Waals surface area contributed by atoms with Gasteiger partial charge in [0.05, 0.1) is 15.6 Å². The van der Waals surface area contributed by atoms with Crippen LogP contribution in [0.5, 0.6) is 0 Å². The number of rotatable bonds is 3. The quantitative estimate of drug-likeness (QED) is 0.669. The normalized spacial score (nSPS) is 11.4. The number of thiophene rings is 1. The first-order chi connectivity index (χ1) is 9.08. The minimum Gasteiger partial charge on any atom is -0.266 e. The van der Waals surface area contributed by atoms with Crippen LogP contribution in [0.15, 0.2) is 40.8 Å². The second kappa shape index (κ2) is 6.19. The molecule has 0 aliphatic heterocycles. The van der Waals surface area contributed by atoms with Crippen molar-refractivity contribution in [2.24, 2.45) is 5.10 Å². The lowest BCUT2D eigenvalue weighted by Crippen LogP contribution is -2.18. The van der Waals surface area contributed by atoms with Gasteiger partial charge in [0.15, 0.2) is 0 Å². The van der Waals surface area contributed by atoms with E-state index in [2.05, 4.69) is 10.5 Å². The summed E-state index contributed by atoms with van der Waals surface area (Å²) in [5.41, 5.74) is 3.84. The number of carbonyl (C=O) groups is 1. The molecule has 0 saturated carbocycles. The molecule has 0 saturated heterocycles. The number of hydrogen-bond donors (Lipinski definition) is 1. The molecule has 1 amide bonds. The molecule has 0 bridgehead atoms. The summed E-state index contributed by atoms with van der Waals surface area (Å²) in [5, 5.41) is 6.93. The average molecular weight is 313 g/mol. The van der Waals surface area contributed by atoms with Crippen molar-refractivity contribution in [3.8, 4) is 0 Å². The zero-order valence-corrected chi connectivity index (χ0v) is 12.3. The van der Waals surface area contributed by atoms with E-state index in [1.165, 1.54) is 11.3 Å². The molecule has 1 aromatic carbocycles. The fraction of sp³-hybridized carbons (Fsp3) is 0.0769. The van der Waals surface area contributed by atoms with Crippen LogP contribution in [0.3, 0.4) is 0 Å². The van der Waals surface area contributed by atoms with Crippen LogP contribution in [0.2, 0.25) is 10.0 Å². The predicted octanol–water partition coefficient (Wildman–Crippen LogP) is 4.21. The number of carbonyl (C=O) groups excluding carboxylic acids is 1. The minimum atomic E-state index is -0.237. The molecule has 0 aliphatic rings. The molecule has 6 heteroatoms. The van der Waals surface area contributed by atoms with Gasteiger partial charge in [-0.1, -0.05) is 35.3 Å². The maximum Gasteiger partial charge on any atom is 0.281 e. The summed E-state index contributed by atoms with van der Waals surface area (Å²) < 4.78 is 0. The van der Waals surface area contributed by atoms with Crippen molar-refractivity contribution in [1.82, 2.24) is 5.43 Å². The van der Waals surface area contributed by atoms with Crippen molar-refractivity contribution in [3.63, 3.8) is 0 Å². The van der Waals surface area contributed by atoms with Gasteiger partial charge in [0.2, 0.25) is 0 Å². The molecule has 3 nitrogen and oxygen atoms in total. The highest BCUT2D eigenvalue weighted by Crippen LogP contribution is 2.21. The summed E-state index contributed by atoms with van der Waals surface area (Å²) in [6.45, 7) is 1.77. The van der Waals surface area contributed by atoms with Gasteiger partial charge >= 0.3 is 0 Å². The molecule has 98 valence electrons. The zero-order chi connectivity index (χ0) is 13.8. The van der Waals surface area contributed by atoms with Crippen molar-refractivity contribution in [2.45, 2.75) is 6.92 Å². The summed E-state index contributed by atoms with van der Waals surface area (Å²) in [4.78, 5) is 12.3. The van der Waals surface area contributed by atoms with Crippen molar-refractivity contribution >= 4 is 46.2 Å². The van der Waals surface area contributed by atoms with Crippen LogP contribution >= 0.6 is 34.5 Å². The van der Waals surface area contributed by atoms with E-state index in [1.807, 2.05) is 11.4 Å². The smallest absolute Gasteiger partial charge is 0.266 e. The molecule has 2 aromatic rings. The predicted molar refractivity (Wildman–Crippen MR) is 80.5 cm³/mol. The molecular weight excluding hydrogens is 303 g/mol. The third-order valence-electron chi connectivity index (χ3n) is 2.39. The first-order valence-corrected chi connectivity index (χ1v) is 7.05. The van der Waals surface area contributed by atoms with Crippen LogP contribution in [0.4, 0.5) is 0 Å². The van der Waals surface area contributed by atoms with E-state index in [0.29, 0.717) is 20.6 Å². The van der Waals surface area contributed by atoms with Crippen LogP contribution in [0.25, 0.3) is 0 Å². The topological polar surface area (TPSA) is 41.5 Å². The number of nitrogens with one attached hydrogen (secondary N) is 1. The summed E-state index contributed by atoms with van der Waals surface area (Å²) in [5.74, 6) is -0.237. The SMILES string of the molecule is C/C(=N\NC(=O)c1cccs1)c1ccc(Cl)cc1Cl. The van der Waals surface area contributed by atoms with Gasteiger partial charge in [-0.05, 0) is 30.5 Å². The zero-order valence-electron chi connectivity index (χ0n) is 9.98. The van der Waals surface area contributed by atoms with Gasteiger partial charge in [-0.3, -0.25) is 4.79 Å². The van der Waals surface area contributed by atoms with E-state index in [1.54, 1.807) is 31.2 Å². The Morgan fingerprint density at radius 1 is 1.32 bits per heavy atom. The first-order valence-electron chi connectivity index (χ1n) is 5.41. The Balaban J connectivity index is 2.13. The monoisotopic (exact) mass is 312 g/mol. The highest BCUT2D eigenvalue weighted by atomic mass is 35.5. The number of benzene rings is 1. The molecule has 1 N–H and O–H groups in total. The number of hydrazone groups is 1. The molecule has 1 aromatic heterocycles. The number of nitrogens with zero attached hydrogens (tertiary/aromatic N) is 1. The van der Waals surface area contributed by atoms with Crippen LogP contribution in [0.1, 0.15) is 22.2 Å². The third kappa shape index (κ3) is 3.56. The van der Waals surface area contributed by atoms with Gasteiger partial charge in [-0.15, -0.1) is 11.3 Å². The second-order valence-corrected chi connectivity index (χ2v) is 5.53. The van der Waals surface area contributed by atoms with Gasteiger partial charge < -0.3 is 0 Å². The van der Waals surface area contributed by atoms with E-state index in [-0.39, 0.29) is 5.91 Å². The fourth-order valence-corrected chi connectivity index (χ4v) is 2.60. The lowest BCUT2D eigenvalue weighted by Gasteiger charge is -2.04. The molecule has 0 radical (unpaired) electrons. The van der Waals surface area contributed by atoms with Gasteiger partial charge in [0, 0.05) is 10.6 Å². The summed E-state index contributed by atoms with van der Waals surface area (Å²) in [7, 11) is 0. The van der Waals surface area contributed by atoms with Gasteiger partial charge in [0.25, 0.3) is 5.91 Å². The molecule has 19 heavy (non-hydrogen) atoms. The van der Waals surface area contributed by atoms with Crippen molar-refractivity contribution in [1.29, 1.82) is 0 Å². The van der Waals surface area contributed by atoms with E-state index in [4.69, 9.17) is 23.2 Å². The number of hydrogen-bond acceptors (Lipinski definition) is 3. The van der Waals surface area contributed by atoms with E-state index < -0.39 is 0 Å². The van der Waals surface area contributed by atoms with Crippen molar-refractivity contribution < 1.29 is 4.79 Å². The van der Waals surface area contributed by atoms with E-state index >= 15 is 0 Å². The van der Waals surface area contributed by atoms with Gasteiger partial charge in [-0.25, -0.2) is 5.43 Å². The molecule has 0 aliphatic carbocycles. The largest absolute Gasteiger partial charge is 0.281 e. The van der Waals surface area contributed by atoms with Crippen LogP contribution in [0, 0.1) is 0 Å². The minimum absolute atomic E-state index is 0.237. The summed E-state index contributed by atoms with van der Waals surface area (Å²) >= 11 is 13.2. The Hall–Kier alpha value is -1.36. The standard InChI is InChI=1S/C13H10Cl2N2OS/c1-8(10-5-4-9(14)7-11(10)15)16-17-13(18)12-3-2-6-19-12/h2-7H,1H3,(H,17,18)/b16-8+. The molecule has 0 atom stereocenters. The number of halogens is 2.